The fourth-order valence-electron chi connectivity index (χ4n) is 1.92. The Morgan fingerprint density at radius 1 is 1.33 bits per heavy atom. The third kappa shape index (κ3) is 3.55. The molecule has 1 fully saturated rings. The molecule has 1 aliphatic heterocycles. The van der Waals surface area contributed by atoms with Crippen molar-refractivity contribution in [3.8, 4) is 0 Å². The molecule has 0 aromatic rings. The van der Waals surface area contributed by atoms with Gasteiger partial charge < -0.3 is 14.5 Å². The van der Waals surface area contributed by atoms with Gasteiger partial charge in [0.1, 0.15) is 0 Å². The monoisotopic (exact) mass is 273 g/mol. The Hall–Kier alpha value is -0.393. The van der Waals surface area contributed by atoms with E-state index >= 15 is 0 Å². The van der Waals surface area contributed by atoms with Crippen molar-refractivity contribution in [1.82, 2.24) is 5.32 Å². The summed E-state index contributed by atoms with van der Waals surface area (Å²) in [5.41, 5.74) is 0. The van der Waals surface area contributed by atoms with Crippen LogP contribution in [-0.2, 0) is 14.0 Å². The van der Waals surface area contributed by atoms with E-state index in [2.05, 4.69) is 39.2 Å². The van der Waals surface area contributed by atoms with Gasteiger partial charge in [-0.3, -0.25) is 4.79 Å². The number of rotatable bonds is 3. The molecule has 0 aromatic carbocycles. The Morgan fingerprint density at radius 2 is 1.94 bits per heavy atom. The molecule has 1 heterocycles. The van der Waals surface area contributed by atoms with Gasteiger partial charge in [0.25, 0.3) is 0 Å². The molecule has 0 spiro atoms. The molecule has 1 saturated heterocycles. The Labute approximate surface area is 112 Å². The lowest BCUT2D eigenvalue weighted by molar-refractivity contribution is -0.149. The average Bonchev–Trinajstić information content (AvgIpc) is 2.26. The highest BCUT2D eigenvalue weighted by Gasteiger charge is 2.43. The second-order valence-corrected chi connectivity index (χ2v) is 11.3. The first-order valence-electron chi connectivity index (χ1n) is 6.65. The standard InChI is InChI=1S/C13H27NO3Si/c1-13(2,3)18(5,6)17-11-7-8-14-9-10(11)12(15)16-4/h10-11,14H,7-9H2,1-6H3. The van der Waals surface area contributed by atoms with Gasteiger partial charge in [0.15, 0.2) is 8.32 Å². The molecule has 2 atom stereocenters. The van der Waals surface area contributed by atoms with Gasteiger partial charge in [-0.1, -0.05) is 20.8 Å². The Balaban J connectivity index is 2.77. The SMILES string of the molecule is COC(=O)C1CNCCC1O[Si](C)(C)C(C)(C)C. The van der Waals surface area contributed by atoms with Crippen LogP contribution in [0, 0.1) is 5.92 Å². The van der Waals surface area contributed by atoms with Crippen molar-refractivity contribution in [1.29, 1.82) is 0 Å². The molecule has 0 bridgehead atoms. The minimum atomic E-state index is -1.83. The molecule has 1 aliphatic rings. The molecule has 106 valence electrons. The number of piperidine rings is 1. The van der Waals surface area contributed by atoms with E-state index in [-0.39, 0.29) is 23.0 Å². The lowest BCUT2D eigenvalue weighted by Gasteiger charge is -2.42. The van der Waals surface area contributed by atoms with Crippen LogP contribution in [-0.4, -0.2) is 40.6 Å². The number of carbonyl (C=O) groups excluding carboxylic acids is 1. The van der Waals surface area contributed by atoms with E-state index in [1.54, 1.807) is 0 Å². The summed E-state index contributed by atoms with van der Waals surface area (Å²) >= 11 is 0. The van der Waals surface area contributed by atoms with Crippen LogP contribution in [0.5, 0.6) is 0 Å². The number of esters is 1. The summed E-state index contributed by atoms with van der Waals surface area (Å²) in [7, 11) is -0.384. The van der Waals surface area contributed by atoms with Gasteiger partial charge in [0.2, 0.25) is 0 Å². The van der Waals surface area contributed by atoms with Gasteiger partial charge in [-0.15, -0.1) is 0 Å². The fraction of sp³-hybridized carbons (Fsp3) is 0.923. The minimum Gasteiger partial charge on any atom is -0.469 e. The summed E-state index contributed by atoms with van der Waals surface area (Å²) in [6, 6.07) is 0. The highest BCUT2D eigenvalue weighted by molar-refractivity contribution is 6.74. The maximum Gasteiger partial charge on any atom is 0.312 e. The lowest BCUT2D eigenvalue weighted by atomic mass is 9.96. The quantitative estimate of drug-likeness (QED) is 0.632. The molecular weight excluding hydrogens is 246 g/mol. The van der Waals surface area contributed by atoms with Gasteiger partial charge >= 0.3 is 5.97 Å². The number of carbonyl (C=O) groups is 1. The molecule has 0 amide bonds. The van der Waals surface area contributed by atoms with Crippen molar-refractivity contribution in [3.05, 3.63) is 0 Å². The summed E-state index contributed by atoms with van der Waals surface area (Å²) in [4.78, 5) is 11.8. The van der Waals surface area contributed by atoms with Crippen LogP contribution in [0.2, 0.25) is 18.1 Å². The Kier molecular flexibility index (Phi) is 4.97. The Bertz CT molecular complexity index is 299. The largest absolute Gasteiger partial charge is 0.469 e. The van der Waals surface area contributed by atoms with E-state index in [0.717, 1.165) is 13.0 Å². The summed E-state index contributed by atoms with van der Waals surface area (Å²) in [6.07, 6.45) is 0.881. The van der Waals surface area contributed by atoms with Crippen LogP contribution in [0.15, 0.2) is 0 Å². The summed E-state index contributed by atoms with van der Waals surface area (Å²) in [6.45, 7) is 12.7. The third-order valence-electron chi connectivity index (χ3n) is 4.17. The molecule has 2 unspecified atom stereocenters. The number of hydrogen-bond acceptors (Lipinski definition) is 4. The van der Waals surface area contributed by atoms with Crippen LogP contribution in [0.4, 0.5) is 0 Å². The zero-order valence-electron chi connectivity index (χ0n) is 12.5. The first-order valence-corrected chi connectivity index (χ1v) is 9.56. The van der Waals surface area contributed by atoms with Crippen LogP contribution in [0.25, 0.3) is 0 Å². The van der Waals surface area contributed by atoms with Crippen LogP contribution in [0.1, 0.15) is 27.2 Å². The Morgan fingerprint density at radius 3 is 2.44 bits per heavy atom. The van der Waals surface area contributed by atoms with Gasteiger partial charge in [-0.2, -0.15) is 0 Å². The molecule has 1 rings (SSSR count). The van der Waals surface area contributed by atoms with Crippen LogP contribution >= 0.6 is 0 Å². The maximum atomic E-state index is 11.8. The van der Waals surface area contributed by atoms with E-state index in [1.807, 2.05) is 0 Å². The summed E-state index contributed by atoms with van der Waals surface area (Å²) in [5, 5.41) is 3.40. The molecule has 0 aromatic heterocycles. The second kappa shape index (κ2) is 5.71. The van der Waals surface area contributed by atoms with E-state index in [9.17, 15) is 4.79 Å². The van der Waals surface area contributed by atoms with E-state index in [4.69, 9.17) is 9.16 Å². The third-order valence-corrected chi connectivity index (χ3v) is 8.68. The van der Waals surface area contributed by atoms with Crippen LogP contribution < -0.4 is 5.32 Å². The van der Waals surface area contributed by atoms with E-state index < -0.39 is 8.32 Å². The molecular formula is C13H27NO3Si. The molecule has 0 aliphatic carbocycles. The maximum absolute atomic E-state index is 11.8. The normalized spacial score (nSPS) is 25.9. The predicted octanol–water partition coefficient (Wildman–Crippen LogP) is 2.16. The minimum absolute atomic E-state index is 0.000378. The van der Waals surface area contributed by atoms with E-state index in [0.29, 0.717) is 6.54 Å². The molecule has 0 radical (unpaired) electrons. The topological polar surface area (TPSA) is 47.6 Å². The van der Waals surface area contributed by atoms with Crippen molar-refractivity contribution in [2.75, 3.05) is 20.2 Å². The summed E-state index contributed by atoms with van der Waals surface area (Å²) < 4.78 is 11.3. The average molecular weight is 273 g/mol. The number of nitrogens with one attached hydrogen (secondary N) is 1. The van der Waals surface area contributed by atoms with Gasteiger partial charge in [-0.05, 0) is 31.1 Å². The van der Waals surface area contributed by atoms with Crippen molar-refractivity contribution < 1.29 is 14.0 Å². The molecule has 18 heavy (non-hydrogen) atoms. The number of hydrogen-bond donors (Lipinski definition) is 1. The van der Waals surface area contributed by atoms with Gasteiger partial charge in [-0.25, -0.2) is 0 Å². The van der Waals surface area contributed by atoms with Crippen molar-refractivity contribution in [3.63, 3.8) is 0 Å². The van der Waals surface area contributed by atoms with Gasteiger partial charge in [0.05, 0.1) is 19.1 Å². The molecule has 0 saturated carbocycles. The second-order valence-electron chi connectivity index (χ2n) is 6.54. The smallest absolute Gasteiger partial charge is 0.312 e. The highest BCUT2D eigenvalue weighted by atomic mass is 28.4. The number of methoxy groups -OCH3 is 1. The fourth-order valence-corrected chi connectivity index (χ4v) is 3.31. The summed E-state index contributed by atoms with van der Waals surface area (Å²) in [5.74, 6) is -0.330. The molecule has 4 nitrogen and oxygen atoms in total. The van der Waals surface area contributed by atoms with E-state index in [1.165, 1.54) is 7.11 Å². The highest BCUT2D eigenvalue weighted by Crippen LogP contribution is 2.38. The zero-order chi connectivity index (χ0) is 14.0. The number of ether oxygens (including phenoxy) is 1. The first-order chi connectivity index (χ1) is 8.19. The molecule has 1 N–H and O–H groups in total. The van der Waals surface area contributed by atoms with Crippen molar-refractivity contribution in [2.24, 2.45) is 5.92 Å². The predicted molar refractivity (Wildman–Crippen MR) is 75.1 cm³/mol. The molecule has 5 heteroatoms. The van der Waals surface area contributed by atoms with Crippen LogP contribution in [0.3, 0.4) is 0 Å². The zero-order valence-corrected chi connectivity index (χ0v) is 13.5. The van der Waals surface area contributed by atoms with Crippen molar-refractivity contribution >= 4 is 14.3 Å². The van der Waals surface area contributed by atoms with Gasteiger partial charge in [0, 0.05) is 6.54 Å². The van der Waals surface area contributed by atoms with Crippen molar-refractivity contribution in [2.45, 2.75) is 51.4 Å². The lowest BCUT2D eigenvalue weighted by Crippen LogP contribution is -2.52. The first kappa shape index (κ1) is 15.7.